The number of halogens is 5. The molecule has 1 aromatic heterocycles. The molecule has 0 aliphatic heterocycles. The smallest absolute Gasteiger partial charge is 0.405 e. The number of rotatable bonds is 2. The summed E-state index contributed by atoms with van der Waals surface area (Å²) in [5, 5.41) is 0.0274. The average Bonchev–Trinajstić information content (AvgIpc) is 2.31. The summed E-state index contributed by atoms with van der Waals surface area (Å²) in [6, 6.07) is 6.28. The van der Waals surface area contributed by atoms with E-state index in [0.717, 1.165) is 18.3 Å². The second-order valence-corrected chi connectivity index (χ2v) is 3.94. The van der Waals surface area contributed by atoms with Crippen LogP contribution in [0.25, 0.3) is 11.1 Å². The summed E-state index contributed by atoms with van der Waals surface area (Å²) in [4.78, 5) is 3.31. The molecule has 0 saturated heterocycles. The highest BCUT2D eigenvalue weighted by Crippen LogP contribution is 2.36. The van der Waals surface area contributed by atoms with Crippen molar-refractivity contribution in [3.05, 3.63) is 47.5 Å². The van der Waals surface area contributed by atoms with Gasteiger partial charge in [0.15, 0.2) is 0 Å². The van der Waals surface area contributed by atoms with Crippen molar-refractivity contribution in [3.63, 3.8) is 0 Å². The Labute approximate surface area is 110 Å². The molecule has 0 bridgehead atoms. The summed E-state index contributed by atoms with van der Waals surface area (Å²) >= 11 is 5.81. The van der Waals surface area contributed by atoms with E-state index < -0.39 is 18.1 Å². The van der Waals surface area contributed by atoms with Crippen LogP contribution in [-0.2, 0) is 0 Å². The Morgan fingerprint density at radius 1 is 1.11 bits per heavy atom. The first-order chi connectivity index (χ1) is 8.87. The van der Waals surface area contributed by atoms with Crippen molar-refractivity contribution >= 4 is 11.6 Å². The maximum absolute atomic E-state index is 13.1. The van der Waals surface area contributed by atoms with Gasteiger partial charge in [-0.1, -0.05) is 29.8 Å². The Kier molecular flexibility index (Phi) is 3.61. The molecule has 0 spiro atoms. The van der Waals surface area contributed by atoms with Crippen LogP contribution in [0.4, 0.5) is 17.6 Å². The minimum Gasteiger partial charge on any atom is -0.405 e. The maximum atomic E-state index is 13.1. The van der Waals surface area contributed by atoms with E-state index in [1.165, 1.54) is 18.2 Å². The molecule has 2 nitrogen and oxygen atoms in total. The zero-order chi connectivity index (χ0) is 14.0. The third-order valence-electron chi connectivity index (χ3n) is 2.22. The molecule has 19 heavy (non-hydrogen) atoms. The Bertz CT molecular complexity index is 601. The summed E-state index contributed by atoms with van der Waals surface area (Å²) < 4.78 is 53.8. The fourth-order valence-electron chi connectivity index (χ4n) is 1.52. The maximum Gasteiger partial charge on any atom is 0.573 e. The van der Waals surface area contributed by atoms with Crippen molar-refractivity contribution in [2.75, 3.05) is 0 Å². The van der Waals surface area contributed by atoms with Gasteiger partial charge in [0.1, 0.15) is 5.75 Å². The van der Waals surface area contributed by atoms with E-state index >= 15 is 0 Å². The minimum absolute atomic E-state index is 0.0274. The number of hydrogen-bond donors (Lipinski definition) is 0. The van der Waals surface area contributed by atoms with Crippen LogP contribution in [0.5, 0.6) is 5.75 Å². The molecule has 0 unspecified atom stereocenters. The topological polar surface area (TPSA) is 22.1 Å². The molecular formula is C12H6ClF4NO. The van der Waals surface area contributed by atoms with Gasteiger partial charge in [-0.25, -0.2) is 4.98 Å². The molecule has 1 aromatic carbocycles. The van der Waals surface area contributed by atoms with E-state index in [9.17, 15) is 17.6 Å². The third-order valence-corrected chi connectivity index (χ3v) is 2.53. The van der Waals surface area contributed by atoms with Gasteiger partial charge in [0, 0.05) is 23.4 Å². The van der Waals surface area contributed by atoms with Crippen LogP contribution in [0, 0.1) is 5.95 Å². The highest BCUT2D eigenvalue weighted by Gasteiger charge is 2.32. The number of alkyl halides is 3. The van der Waals surface area contributed by atoms with E-state index in [0.29, 0.717) is 0 Å². The van der Waals surface area contributed by atoms with Crippen molar-refractivity contribution in [2.24, 2.45) is 0 Å². The molecule has 0 saturated carbocycles. The largest absolute Gasteiger partial charge is 0.573 e. The fraction of sp³-hybridized carbons (Fsp3) is 0.0833. The number of hydrogen-bond acceptors (Lipinski definition) is 2. The lowest BCUT2D eigenvalue weighted by Crippen LogP contribution is -2.17. The summed E-state index contributed by atoms with van der Waals surface area (Å²) in [7, 11) is 0. The summed E-state index contributed by atoms with van der Waals surface area (Å²) in [6.07, 6.45) is -3.81. The van der Waals surface area contributed by atoms with Crippen molar-refractivity contribution < 1.29 is 22.3 Å². The minimum atomic E-state index is -4.84. The normalized spacial score (nSPS) is 11.4. The van der Waals surface area contributed by atoms with Gasteiger partial charge >= 0.3 is 6.36 Å². The SMILES string of the molecule is Fc1cc(-c2ccccc2OC(F)(F)F)c(Cl)cn1. The zero-order valence-corrected chi connectivity index (χ0v) is 9.97. The Morgan fingerprint density at radius 3 is 2.47 bits per heavy atom. The summed E-state index contributed by atoms with van der Waals surface area (Å²) in [5.74, 6) is -1.30. The number of aromatic nitrogens is 1. The second-order valence-electron chi connectivity index (χ2n) is 3.53. The number of pyridine rings is 1. The van der Waals surface area contributed by atoms with Crippen LogP contribution in [0.15, 0.2) is 36.5 Å². The van der Waals surface area contributed by atoms with Crippen LogP contribution >= 0.6 is 11.6 Å². The fourth-order valence-corrected chi connectivity index (χ4v) is 1.73. The standard InChI is InChI=1S/C12H6ClF4NO/c13-9-6-18-11(14)5-8(9)7-3-1-2-4-10(7)19-12(15,16)17/h1-6H. The van der Waals surface area contributed by atoms with Crippen molar-refractivity contribution in [3.8, 4) is 16.9 Å². The van der Waals surface area contributed by atoms with E-state index in [1.54, 1.807) is 0 Å². The summed E-state index contributed by atoms with van der Waals surface area (Å²) in [6.45, 7) is 0. The van der Waals surface area contributed by atoms with Crippen LogP contribution in [0.1, 0.15) is 0 Å². The lowest BCUT2D eigenvalue weighted by Gasteiger charge is -2.13. The van der Waals surface area contributed by atoms with Crippen LogP contribution in [0.2, 0.25) is 5.02 Å². The number of nitrogens with zero attached hydrogens (tertiary/aromatic N) is 1. The number of benzene rings is 1. The first-order valence-corrected chi connectivity index (χ1v) is 5.41. The molecule has 0 N–H and O–H groups in total. The van der Waals surface area contributed by atoms with Crippen molar-refractivity contribution in [2.45, 2.75) is 6.36 Å². The first-order valence-electron chi connectivity index (χ1n) is 5.03. The van der Waals surface area contributed by atoms with Gasteiger partial charge < -0.3 is 4.74 Å². The van der Waals surface area contributed by atoms with E-state index in [-0.39, 0.29) is 16.1 Å². The van der Waals surface area contributed by atoms with Gasteiger partial charge in [0.25, 0.3) is 0 Å². The van der Waals surface area contributed by atoms with E-state index in [4.69, 9.17) is 11.6 Å². The third kappa shape index (κ3) is 3.35. The number of para-hydroxylation sites is 1. The first kappa shape index (κ1) is 13.6. The monoisotopic (exact) mass is 291 g/mol. The molecule has 0 radical (unpaired) electrons. The van der Waals surface area contributed by atoms with Crippen LogP contribution in [-0.4, -0.2) is 11.3 Å². The average molecular weight is 292 g/mol. The van der Waals surface area contributed by atoms with Crippen molar-refractivity contribution in [1.29, 1.82) is 0 Å². The molecule has 100 valence electrons. The van der Waals surface area contributed by atoms with Gasteiger partial charge in [0.05, 0.1) is 5.02 Å². The van der Waals surface area contributed by atoms with Gasteiger partial charge in [-0.15, -0.1) is 13.2 Å². The molecule has 7 heteroatoms. The molecule has 0 aliphatic carbocycles. The molecule has 2 aromatic rings. The second kappa shape index (κ2) is 5.05. The predicted molar refractivity (Wildman–Crippen MR) is 61.3 cm³/mol. The van der Waals surface area contributed by atoms with E-state index in [2.05, 4.69) is 9.72 Å². The van der Waals surface area contributed by atoms with Gasteiger partial charge in [0.2, 0.25) is 5.95 Å². The van der Waals surface area contributed by atoms with Gasteiger partial charge in [-0.05, 0) is 6.07 Å². The Hall–Kier alpha value is -1.82. The Morgan fingerprint density at radius 2 is 1.79 bits per heavy atom. The highest BCUT2D eigenvalue weighted by atomic mass is 35.5. The molecule has 0 aliphatic rings. The lowest BCUT2D eigenvalue weighted by atomic mass is 10.1. The van der Waals surface area contributed by atoms with E-state index in [1.807, 2.05) is 0 Å². The van der Waals surface area contributed by atoms with Crippen molar-refractivity contribution in [1.82, 2.24) is 4.98 Å². The molecule has 2 rings (SSSR count). The highest BCUT2D eigenvalue weighted by molar-refractivity contribution is 6.33. The summed E-state index contributed by atoms with van der Waals surface area (Å²) in [5.41, 5.74) is 0.111. The predicted octanol–water partition coefficient (Wildman–Crippen LogP) is 4.44. The molecule has 0 fully saturated rings. The number of ether oxygens (including phenoxy) is 1. The van der Waals surface area contributed by atoms with Gasteiger partial charge in [-0.2, -0.15) is 4.39 Å². The Balaban J connectivity index is 2.53. The van der Waals surface area contributed by atoms with Crippen LogP contribution < -0.4 is 4.74 Å². The zero-order valence-electron chi connectivity index (χ0n) is 9.21. The van der Waals surface area contributed by atoms with Gasteiger partial charge in [-0.3, -0.25) is 0 Å². The quantitative estimate of drug-likeness (QED) is 0.603. The molecular weight excluding hydrogens is 286 g/mol. The molecule has 0 atom stereocenters. The molecule has 0 amide bonds. The van der Waals surface area contributed by atoms with Crippen LogP contribution in [0.3, 0.4) is 0 Å². The lowest BCUT2D eigenvalue weighted by molar-refractivity contribution is -0.274. The molecule has 1 heterocycles.